The van der Waals surface area contributed by atoms with Crippen LogP contribution < -0.4 is 5.32 Å². The van der Waals surface area contributed by atoms with Crippen molar-refractivity contribution < 1.29 is 19.1 Å². The van der Waals surface area contributed by atoms with Gasteiger partial charge in [-0.1, -0.05) is 27.7 Å². The maximum atomic E-state index is 11.7. The van der Waals surface area contributed by atoms with Crippen LogP contribution in [0.4, 0.5) is 0 Å². The summed E-state index contributed by atoms with van der Waals surface area (Å²) in [7, 11) is 0. The zero-order valence-corrected chi connectivity index (χ0v) is 11.3. The normalized spacial score (nSPS) is 12.6. The van der Waals surface area contributed by atoms with Crippen LogP contribution in [0.15, 0.2) is 0 Å². The van der Waals surface area contributed by atoms with Gasteiger partial charge in [-0.3, -0.25) is 9.59 Å². The van der Waals surface area contributed by atoms with Gasteiger partial charge in [-0.2, -0.15) is 0 Å². The van der Waals surface area contributed by atoms with Crippen LogP contribution in [0.2, 0.25) is 0 Å². The highest BCUT2D eigenvalue weighted by molar-refractivity contribution is 5.73. The first-order valence-electron chi connectivity index (χ1n) is 5.88. The van der Waals surface area contributed by atoms with Crippen LogP contribution in [0.3, 0.4) is 0 Å². The standard InChI is InChI=1S/C12H23NO4/c1-8(2)11(6-13-9(3)4)12(15)17-7-16-10(5)14/h8-9,11,13H,6-7H2,1-5H3. The molecule has 1 atom stereocenters. The number of carbonyl (C=O) groups excluding carboxylic acids is 2. The Morgan fingerprint density at radius 3 is 2.12 bits per heavy atom. The quantitative estimate of drug-likeness (QED) is 0.541. The van der Waals surface area contributed by atoms with Gasteiger partial charge in [0.25, 0.3) is 0 Å². The van der Waals surface area contributed by atoms with Gasteiger partial charge in [-0.25, -0.2) is 0 Å². The Kier molecular flexibility index (Phi) is 7.54. The highest BCUT2D eigenvalue weighted by atomic mass is 16.7. The molecule has 0 saturated carbocycles. The Labute approximate surface area is 103 Å². The lowest BCUT2D eigenvalue weighted by Gasteiger charge is -2.20. The number of esters is 2. The number of nitrogens with one attached hydrogen (secondary N) is 1. The van der Waals surface area contributed by atoms with Crippen molar-refractivity contribution >= 4 is 11.9 Å². The number of hydrogen-bond donors (Lipinski definition) is 1. The maximum Gasteiger partial charge on any atom is 0.313 e. The summed E-state index contributed by atoms with van der Waals surface area (Å²) < 4.78 is 9.45. The lowest BCUT2D eigenvalue weighted by atomic mass is 9.96. The van der Waals surface area contributed by atoms with Crippen LogP contribution in [-0.2, 0) is 19.1 Å². The summed E-state index contributed by atoms with van der Waals surface area (Å²) in [4.78, 5) is 22.2. The monoisotopic (exact) mass is 245 g/mol. The Morgan fingerprint density at radius 2 is 1.71 bits per heavy atom. The minimum atomic E-state index is -0.459. The van der Waals surface area contributed by atoms with Crippen LogP contribution >= 0.6 is 0 Å². The molecule has 0 aromatic heterocycles. The van der Waals surface area contributed by atoms with Crippen molar-refractivity contribution in [1.29, 1.82) is 0 Å². The average Bonchev–Trinajstić information content (AvgIpc) is 2.16. The molecule has 0 aliphatic heterocycles. The minimum Gasteiger partial charge on any atom is -0.428 e. The third kappa shape index (κ3) is 7.74. The molecule has 0 aromatic carbocycles. The first-order chi connectivity index (χ1) is 7.84. The fourth-order valence-electron chi connectivity index (χ4n) is 1.23. The van der Waals surface area contributed by atoms with Crippen LogP contribution in [0.1, 0.15) is 34.6 Å². The van der Waals surface area contributed by atoms with Crippen LogP contribution in [-0.4, -0.2) is 31.3 Å². The van der Waals surface area contributed by atoms with E-state index < -0.39 is 5.97 Å². The predicted molar refractivity (Wildman–Crippen MR) is 64.2 cm³/mol. The topological polar surface area (TPSA) is 64.6 Å². The van der Waals surface area contributed by atoms with E-state index in [9.17, 15) is 9.59 Å². The number of rotatable bonds is 7. The summed E-state index contributed by atoms with van der Waals surface area (Å²) in [5.41, 5.74) is 0. The van der Waals surface area contributed by atoms with E-state index in [4.69, 9.17) is 4.74 Å². The van der Waals surface area contributed by atoms with E-state index in [1.165, 1.54) is 6.92 Å². The molecule has 1 unspecified atom stereocenters. The Bertz CT molecular complexity index is 251. The van der Waals surface area contributed by atoms with E-state index in [0.29, 0.717) is 12.6 Å². The predicted octanol–water partition coefficient (Wildman–Crippen LogP) is 1.32. The first-order valence-corrected chi connectivity index (χ1v) is 5.88. The van der Waals surface area contributed by atoms with Crippen LogP contribution in [0.25, 0.3) is 0 Å². The Balaban J connectivity index is 4.11. The van der Waals surface area contributed by atoms with E-state index >= 15 is 0 Å². The Morgan fingerprint density at radius 1 is 1.12 bits per heavy atom. The van der Waals surface area contributed by atoms with Crippen molar-refractivity contribution in [3.05, 3.63) is 0 Å². The molecule has 0 saturated heterocycles. The van der Waals surface area contributed by atoms with Gasteiger partial charge in [-0.15, -0.1) is 0 Å². The fraction of sp³-hybridized carbons (Fsp3) is 0.833. The lowest BCUT2D eigenvalue weighted by Crippen LogP contribution is -2.36. The summed E-state index contributed by atoms with van der Waals surface area (Å²) in [5.74, 6) is -0.854. The van der Waals surface area contributed by atoms with Crippen molar-refractivity contribution in [3.63, 3.8) is 0 Å². The first kappa shape index (κ1) is 15.9. The van der Waals surface area contributed by atoms with E-state index in [0.717, 1.165) is 0 Å². The highest BCUT2D eigenvalue weighted by Gasteiger charge is 2.23. The van der Waals surface area contributed by atoms with Crippen molar-refractivity contribution in [2.45, 2.75) is 40.7 Å². The van der Waals surface area contributed by atoms with Gasteiger partial charge in [0.05, 0.1) is 5.92 Å². The van der Waals surface area contributed by atoms with Crippen molar-refractivity contribution in [2.75, 3.05) is 13.3 Å². The summed E-state index contributed by atoms with van der Waals surface area (Å²) >= 11 is 0. The molecule has 0 bridgehead atoms. The zero-order chi connectivity index (χ0) is 13.4. The zero-order valence-electron chi connectivity index (χ0n) is 11.3. The van der Waals surface area contributed by atoms with Crippen LogP contribution in [0, 0.1) is 11.8 Å². The fourth-order valence-corrected chi connectivity index (χ4v) is 1.23. The highest BCUT2D eigenvalue weighted by Crippen LogP contribution is 2.12. The molecule has 0 spiro atoms. The van der Waals surface area contributed by atoms with E-state index in [2.05, 4.69) is 10.1 Å². The van der Waals surface area contributed by atoms with Gasteiger partial charge in [0.15, 0.2) is 0 Å². The third-order valence-corrected chi connectivity index (χ3v) is 2.32. The van der Waals surface area contributed by atoms with Crippen LogP contribution in [0.5, 0.6) is 0 Å². The molecule has 0 aliphatic carbocycles. The second-order valence-electron chi connectivity index (χ2n) is 4.63. The third-order valence-electron chi connectivity index (χ3n) is 2.32. The average molecular weight is 245 g/mol. The van der Waals surface area contributed by atoms with Crippen molar-refractivity contribution in [3.8, 4) is 0 Å². The van der Waals surface area contributed by atoms with E-state index in [1.54, 1.807) is 0 Å². The van der Waals surface area contributed by atoms with Gasteiger partial charge < -0.3 is 14.8 Å². The van der Waals surface area contributed by atoms with Gasteiger partial charge in [0, 0.05) is 19.5 Å². The molecule has 0 fully saturated rings. The molecular formula is C12H23NO4. The molecule has 0 aromatic rings. The molecule has 0 heterocycles. The minimum absolute atomic E-state index is 0.172. The number of hydrogen-bond acceptors (Lipinski definition) is 5. The largest absolute Gasteiger partial charge is 0.428 e. The molecule has 0 radical (unpaired) electrons. The molecule has 1 N–H and O–H groups in total. The van der Waals surface area contributed by atoms with E-state index in [-0.39, 0.29) is 24.6 Å². The van der Waals surface area contributed by atoms with Gasteiger partial charge in [0.1, 0.15) is 0 Å². The lowest BCUT2D eigenvalue weighted by molar-refractivity contribution is -0.169. The summed E-state index contributed by atoms with van der Waals surface area (Å²) in [5, 5.41) is 3.20. The maximum absolute atomic E-state index is 11.7. The SMILES string of the molecule is CC(=O)OCOC(=O)C(CNC(C)C)C(C)C. The van der Waals surface area contributed by atoms with Gasteiger partial charge in [-0.05, 0) is 5.92 Å². The summed E-state index contributed by atoms with van der Waals surface area (Å²) in [6.45, 7) is 9.48. The second kappa shape index (κ2) is 8.06. The molecular weight excluding hydrogens is 222 g/mol. The summed E-state index contributed by atoms with van der Waals surface area (Å²) in [6, 6.07) is 0.317. The molecule has 100 valence electrons. The molecule has 0 rings (SSSR count). The van der Waals surface area contributed by atoms with Crippen molar-refractivity contribution in [2.24, 2.45) is 11.8 Å². The smallest absolute Gasteiger partial charge is 0.313 e. The molecule has 0 aliphatic rings. The summed E-state index contributed by atoms with van der Waals surface area (Å²) in [6.07, 6.45) is 0. The van der Waals surface area contributed by atoms with Gasteiger partial charge in [0.2, 0.25) is 6.79 Å². The van der Waals surface area contributed by atoms with Crippen molar-refractivity contribution in [1.82, 2.24) is 5.32 Å². The molecule has 5 heteroatoms. The van der Waals surface area contributed by atoms with Gasteiger partial charge >= 0.3 is 11.9 Å². The van der Waals surface area contributed by atoms with E-state index in [1.807, 2.05) is 27.7 Å². The molecule has 0 amide bonds. The number of ether oxygens (including phenoxy) is 2. The Hall–Kier alpha value is -1.10. The molecule has 5 nitrogen and oxygen atoms in total. The molecule has 17 heavy (non-hydrogen) atoms. The number of carbonyl (C=O) groups is 2. The second-order valence-corrected chi connectivity index (χ2v) is 4.63.